The third kappa shape index (κ3) is 4.88. The van der Waals surface area contributed by atoms with Crippen LogP contribution in [0, 0.1) is 18.3 Å². The lowest BCUT2D eigenvalue weighted by Crippen LogP contribution is -2.38. The van der Waals surface area contributed by atoms with Crippen LogP contribution in [-0.4, -0.2) is 73.2 Å². The standard InChI is InChI=1S/C23H27N5O4/c1-15-16(12-24)5-4-6-19(15)20-7-8-21(26-22(20)25-9-10-31-2)23(30)28-13-17(27-32-3)11-18(28)14-29/h4-8,18,29H,9-11,13-14H2,1-3H3,(H,25,26)/b27-17-/t18-/m0/s1. The first-order valence-electron chi connectivity index (χ1n) is 10.3. The first-order chi connectivity index (χ1) is 15.5. The number of oxime groups is 1. The lowest BCUT2D eigenvalue weighted by molar-refractivity contribution is 0.0674. The summed E-state index contributed by atoms with van der Waals surface area (Å²) in [5.41, 5.74) is 4.01. The van der Waals surface area contributed by atoms with E-state index in [2.05, 4.69) is 21.5 Å². The monoisotopic (exact) mass is 437 g/mol. The Morgan fingerprint density at radius 2 is 2.16 bits per heavy atom. The number of nitrogens with zero attached hydrogens (tertiary/aromatic N) is 4. The van der Waals surface area contributed by atoms with Gasteiger partial charge in [0.05, 0.1) is 43.1 Å². The molecule has 1 aromatic heterocycles. The minimum atomic E-state index is -0.377. The lowest BCUT2D eigenvalue weighted by atomic mass is 9.97. The fourth-order valence-electron chi connectivity index (χ4n) is 3.77. The van der Waals surface area contributed by atoms with Crippen molar-refractivity contribution in [3.63, 3.8) is 0 Å². The average Bonchev–Trinajstić information content (AvgIpc) is 3.22. The number of anilines is 1. The predicted molar refractivity (Wildman–Crippen MR) is 120 cm³/mol. The van der Waals surface area contributed by atoms with Crippen molar-refractivity contribution in [2.45, 2.75) is 19.4 Å². The second-order valence-corrected chi connectivity index (χ2v) is 7.42. The maximum Gasteiger partial charge on any atom is 0.273 e. The minimum Gasteiger partial charge on any atom is -0.399 e. The van der Waals surface area contributed by atoms with Gasteiger partial charge in [0.2, 0.25) is 0 Å². The molecule has 1 fully saturated rings. The molecule has 168 valence electrons. The first kappa shape index (κ1) is 23.2. The number of hydrogen-bond acceptors (Lipinski definition) is 8. The van der Waals surface area contributed by atoms with E-state index in [0.717, 1.165) is 16.7 Å². The number of amides is 1. The van der Waals surface area contributed by atoms with Crippen LogP contribution < -0.4 is 5.32 Å². The molecule has 0 aliphatic carbocycles. The summed E-state index contributed by atoms with van der Waals surface area (Å²) in [6.07, 6.45) is 0.452. The van der Waals surface area contributed by atoms with Gasteiger partial charge >= 0.3 is 0 Å². The third-order valence-electron chi connectivity index (χ3n) is 5.41. The Labute approximate surface area is 187 Å². The Morgan fingerprint density at radius 1 is 1.34 bits per heavy atom. The van der Waals surface area contributed by atoms with Gasteiger partial charge < -0.3 is 24.9 Å². The van der Waals surface area contributed by atoms with Gasteiger partial charge in [-0.3, -0.25) is 4.79 Å². The molecule has 1 saturated heterocycles. The van der Waals surface area contributed by atoms with Gasteiger partial charge in [0.1, 0.15) is 18.6 Å². The maximum atomic E-state index is 13.2. The van der Waals surface area contributed by atoms with Crippen molar-refractivity contribution in [3.05, 3.63) is 47.2 Å². The Hall–Kier alpha value is -3.48. The Kier molecular flexibility index (Phi) is 7.76. The molecular formula is C23H27N5O4. The highest BCUT2D eigenvalue weighted by molar-refractivity contribution is 6.00. The SMILES string of the molecule is COCCNc1nc(C(=O)N2C/C(=N\OC)C[C@H]2CO)ccc1-c1cccc(C#N)c1C. The molecule has 1 atom stereocenters. The van der Waals surface area contributed by atoms with Crippen LogP contribution >= 0.6 is 0 Å². The molecule has 0 radical (unpaired) electrons. The summed E-state index contributed by atoms with van der Waals surface area (Å²) in [6, 6.07) is 10.8. The summed E-state index contributed by atoms with van der Waals surface area (Å²) in [7, 11) is 3.06. The van der Waals surface area contributed by atoms with Crippen LogP contribution in [0.1, 0.15) is 28.0 Å². The molecule has 1 aliphatic rings. The van der Waals surface area contributed by atoms with E-state index < -0.39 is 0 Å². The van der Waals surface area contributed by atoms with Gasteiger partial charge in [-0.1, -0.05) is 17.3 Å². The zero-order valence-electron chi connectivity index (χ0n) is 18.5. The topological polar surface area (TPSA) is 120 Å². The summed E-state index contributed by atoms with van der Waals surface area (Å²) in [4.78, 5) is 24.2. The fourth-order valence-corrected chi connectivity index (χ4v) is 3.77. The van der Waals surface area contributed by atoms with E-state index in [4.69, 9.17) is 9.57 Å². The zero-order valence-corrected chi connectivity index (χ0v) is 18.5. The Morgan fingerprint density at radius 3 is 2.84 bits per heavy atom. The number of likely N-dealkylation sites (tertiary alicyclic amines) is 1. The number of carbonyl (C=O) groups is 1. The van der Waals surface area contributed by atoms with Crippen LogP contribution in [0.2, 0.25) is 0 Å². The van der Waals surface area contributed by atoms with Crippen LogP contribution in [0.4, 0.5) is 5.82 Å². The first-order valence-corrected chi connectivity index (χ1v) is 10.3. The highest BCUT2D eigenvalue weighted by Crippen LogP contribution is 2.31. The van der Waals surface area contributed by atoms with Crippen LogP contribution in [-0.2, 0) is 9.57 Å². The molecule has 3 rings (SSSR count). The number of nitriles is 1. The van der Waals surface area contributed by atoms with E-state index >= 15 is 0 Å². The number of hydrogen-bond donors (Lipinski definition) is 2. The smallest absolute Gasteiger partial charge is 0.273 e. The van der Waals surface area contributed by atoms with E-state index in [1.54, 1.807) is 24.1 Å². The van der Waals surface area contributed by atoms with Gasteiger partial charge in [-0.25, -0.2) is 4.98 Å². The number of rotatable bonds is 8. The van der Waals surface area contributed by atoms with Gasteiger partial charge in [0, 0.05) is 25.6 Å². The predicted octanol–water partition coefficient (Wildman–Crippen LogP) is 2.20. The van der Waals surface area contributed by atoms with Crippen molar-refractivity contribution in [2.24, 2.45) is 5.16 Å². The number of aliphatic hydroxyl groups is 1. The summed E-state index contributed by atoms with van der Waals surface area (Å²) in [5.74, 6) is 0.228. The highest BCUT2D eigenvalue weighted by atomic mass is 16.6. The van der Waals surface area contributed by atoms with Gasteiger partial charge in [-0.05, 0) is 36.2 Å². The lowest BCUT2D eigenvalue weighted by Gasteiger charge is -2.22. The van der Waals surface area contributed by atoms with Crippen LogP contribution in [0.15, 0.2) is 35.5 Å². The fraction of sp³-hybridized carbons (Fsp3) is 0.391. The number of benzene rings is 1. The number of aliphatic hydroxyl groups excluding tert-OH is 1. The number of nitrogens with one attached hydrogen (secondary N) is 1. The van der Waals surface area contributed by atoms with E-state index in [0.29, 0.717) is 36.7 Å². The van der Waals surface area contributed by atoms with Crippen molar-refractivity contribution in [1.82, 2.24) is 9.88 Å². The van der Waals surface area contributed by atoms with Crippen LogP contribution in [0.3, 0.4) is 0 Å². The van der Waals surface area contributed by atoms with Gasteiger partial charge in [0.15, 0.2) is 0 Å². The molecule has 0 bridgehead atoms. The summed E-state index contributed by atoms with van der Waals surface area (Å²) >= 11 is 0. The second kappa shape index (κ2) is 10.7. The molecule has 32 heavy (non-hydrogen) atoms. The quantitative estimate of drug-likeness (QED) is 0.480. The molecule has 2 heterocycles. The molecule has 0 saturated carbocycles. The Bertz CT molecular complexity index is 1050. The van der Waals surface area contributed by atoms with Crippen molar-refractivity contribution in [2.75, 3.05) is 45.8 Å². The van der Waals surface area contributed by atoms with Gasteiger partial charge in [-0.15, -0.1) is 0 Å². The second-order valence-electron chi connectivity index (χ2n) is 7.42. The van der Waals surface area contributed by atoms with E-state index in [9.17, 15) is 15.2 Å². The molecular weight excluding hydrogens is 410 g/mol. The number of ether oxygens (including phenoxy) is 1. The molecule has 2 N–H and O–H groups in total. The highest BCUT2D eigenvalue weighted by Gasteiger charge is 2.34. The zero-order chi connectivity index (χ0) is 23.1. The maximum absolute atomic E-state index is 13.2. The van der Waals surface area contributed by atoms with Crippen molar-refractivity contribution < 1.29 is 19.5 Å². The van der Waals surface area contributed by atoms with Crippen LogP contribution in [0.5, 0.6) is 0 Å². The number of methoxy groups -OCH3 is 1. The molecule has 0 unspecified atom stereocenters. The average molecular weight is 438 g/mol. The summed E-state index contributed by atoms with van der Waals surface area (Å²) in [5, 5.41) is 26.3. The molecule has 1 amide bonds. The molecule has 0 spiro atoms. The number of aromatic nitrogens is 1. The number of pyridine rings is 1. The normalized spacial score (nSPS) is 16.8. The van der Waals surface area contributed by atoms with Gasteiger partial charge in [0.25, 0.3) is 5.91 Å². The summed E-state index contributed by atoms with van der Waals surface area (Å²) in [6.45, 7) is 2.95. The van der Waals surface area contributed by atoms with E-state index in [1.165, 1.54) is 7.11 Å². The van der Waals surface area contributed by atoms with Crippen molar-refractivity contribution >= 4 is 17.4 Å². The minimum absolute atomic E-state index is 0.175. The number of carbonyl (C=O) groups excluding carboxylic acids is 1. The molecule has 9 heteroatoms. The molecule has 1 aromatic carbocycles. The molecule has 1 aliphatic heterocycles. The summed E-state index contributed by atoms with van der Waals surface area (Å²) < 4.78 is 5.13. The molecule has 2 aromatic rings. The van der Waals surface area contributed by atoms with E-state index in [-0.39, 0.29) is 30.8 Å². The Balaban J connectivity index is 1.99. The largest absolute Gasteiger partial charge is 0.399 e. The third-order valence-corrected chi connectivity index (χ3v) is 5.41. The van der Waals surface area contributed by atoms with Crippen molar-refractivity contribution in [3.8, 4) is 17.2 Å². The van der Waals surface area contributed by atoms with E-state index in [1.807, 2.05) is 25.1 Å². The van der Waals surface area contributed by atoms with Gasteiger partial charge in [-0.2, -0.15) is 5.26 Å². The van der Waals surface area contributed by atoms with Crippen LogP contribution in [0.25, 0.3) is 11.1 Å². The molecule has 9 nitrogen and oxygen atoms in total. The van der Waals surface area contributed by atoms with Crippen molar-refractivity contribution in [1.29, 1.82) is 5.26 Å².